The number of methoxy groups -OCH3 is 1. The number of amides is 2. The Kier molecular flexibility index (Phi) is 10.6. The van der Waals surface area contributed by atoms with E-state index in [-0.39, 0.29) is 23.2 Å². The number of nitrogens with zero attached hydrogens (tertiary/aromatic N) is 2. The first-order valence-corrected chi connectivity index (χ1v) is 15.8. The molecule has 0 unspecified atom stereocenters. The van der Waals surface area contributed by atoms with Crippen molar-refractivity contribution in [2.45, 2.75) is 68.7 Å². The molecule has 8 nitrogen and oxygen atoms in total. The predicted octanol–water partition coefficient (Wildman–Crippen LogP) is 5.78. The fourth-order valence-electron chi connectivity index (χ4n) is 5.20. The predicted molar refractivity (Wildman–Crippen MR) is 160 cm³/mol. The Balaban J connectivity index is 1.72. The number of rotatable bonds is 11. The highest BCUT2D eigenvalue weighted by Crippen LogP contribution is 2.33. The number of hydrogen-bond donors (Lipinski definition) is 1. The van der Waals surface area contributed by atoms with E-state index in [4.69, 9.17) is 4.74 Å². The van der Waals surface area contributed by atoms with Gasteiger partial charge in [0.25, 0.3) is 10.0 Å². The van der Waals surface area contributed by atoms with E-state index in [1.165, 1.54) is 42.3 Å². The molecule has 0 bridgehead atoms. The van der Waals surface area contributed by atoms with Crippen molar-refractivity contribution >= 4 is 27.5 Å². The maximum Gasteiger partial charge on any atom is 0.416 e. The second kappa shape index (κ2) is 14.1. The van der Waals surface area contributed by atoms with Crippen LogP contribution in [0.3, 0.4) is 0 Å². The van der Waals surface area contributed by atoms with Gasteiger partial charge in [-0.2, -0.15) is 13.2 Å². The molecule has 3 aromatic rings. The lowest BCUT2D eigenvalue weighted by Gasteiger charge is -2.33. The van der Waals surface area contributed by atoms with Crippen LogP contribution in [0.5, 0.6) is 5.75 Å². The van der Waals surface area contributed by atoms with Gasteiger partial charge in [-0.05, 0) is 67.8 Å². The molecule has 3 aromatic carbocycles. The maximum absolute atomic E-state index is 14.1. The molecule has 0 aliphatic heterocycles. The molecule has 236 valence electrons. The molecule has 44 heavy (non-hydrogen) atoms. The van der Waals surface area contributed by atoms with Gasteiger partial charge in [0.1, 0.15) is 18.3 Å². The molecular weight excluding hydrogens is 595 g/mol. The van der Waals surface area contributed by atoms with E-state index in [1.54, 1.807) is 37.3 Å². The van der Waals surface area contributed by atoms with Crippen molar-refractivity contribution < 1.29 is 35.9 Å². The zero-order valence-electron chi connectivity index (χ0n) is 24.6. The summed E-state index contributed by atoms with van der Waals surface area (Å²) >= 11 is 0. The highest BCUT2D eigenvalue weighted by molar-refractivity contribution is 7.92. The minimum Gasteiger partial charge on any atom is -0.497 e. The zero-order chi connectivity index (χ0) is 31.9. The Morgan fingerprint density at radius 1 is 0.955 bits per heavy atom. The molecule has 2 amide bonds. The molecule has 0 heterocycles. The van der Waals surface area contributed by atoms with E-state index in [1.807, 2.05) is 0 Å². The summed E-state index contributed by atoms with van der Waals surface area (Å²) in [4.78, 5) is 28.5. The molecular formula is C32H36F3N3O5S. The van der Waals surface area contributed by atoms with Crippen LogP contribution in [0.1, 0.15) is 50.2 Å². The molecule has 0 spiro atoms. The van der Waals surface area contributed by atoms with Crippen LogP contribution in [0.25, 0.3) is 0 Å². The number of nitrogens with one attached hydrogen (secondary N) is 1. The summed E-state index contributed by atoms with van der Waals surface area (Å²) in [6.07, 6.45) is -0.0536. The summed E-state index contributed by atoms with van der Waals surface area (Å²) in [5.74, 6) is -0.646. The number of alkyl halides is 3. The standard InChI is InChI=1S/C32H36F3N3O5S/c1-23(31(40)36-26-13-5-3-6-14-26)37(21-24-11-9-16-28(19-24)43-2)30(39)22-38(44(41,42)29-17-7-4-8-18-29)27-15-10-12-25(20-27)32(33,34)35/h4,7-12,15-20,23,26H,3,5-6,13-14,21-22H2,1-2H3,(H,36,40)/t23-/m1/s1. The number of anilines is 1. The SMILES string of the molecule is COc1cccc(CN(C(=O)CN(c2cccc(C(F)(F)F)c2)S(=O)(=O)c2ccccc2)[C@H](C)C(=O)NC2CCCCC2)c1. The molecule has 0 saturated heterocycles. The summed E-state index contributed by atoms with van der Waals surface area (Å²) in [5, 5.41) is 3.01. The second-order valence-corrected chi connectivity index (χ2v) is 12.6. The molecule has 1 aliphatic carbocycles. The average Bonchev–Trinajstić information content (AvgIpc) is 3.02. The van der Waals surface area contributed by atoms with Gasteiger partial charge in [-0.1, -0.05) is 55.7 Å². The van der Waals surface area contributed by atoms with Gasteiger partial charge in [0.05, 0.1) is 23.3 Å². The van der Waals surface area contributed by atoms with Crippen molar-refractivity contribution in [1.29, 1.82) is 0 Å². The van der Waals surface area contributed by atoms with Crippen LogP contribution < -0.4 is 14.4 Å². The summed E-state index contributed by atoms with van der Waals surface area (Å²) in [7, 11) is -3.01. The number of sulfonamides is 1. The molecule has 1 N–H and O–H groups in total. The van der Waals surface area contributed by atoms with Gasteiger partial charge in [0, 0.05) is 12.6 Å². The lowest BCUT2D eigenvalue weighted by atomic mass is 9.95. The van der Waals surface area contributed by atoms with Crippen LogP contribution in [0, 0.1) is 0 Å². The van der Waals surface area contributed by atoms with E-state index in [0.717, 1.165) is 44.2 Å². The van der Waals surface area contributed by atoms with Crippen molar-refractivity contribution in [1.82, 2.24) is 10.2 Å². The molecule has 0 radical (unpaired) electrons. The van der Waals surface area contributed by atoms with Gasteiger partial charge in [-0.3, -0.25) is 13.9 Å². The van der Waals surface area contributed by atoms with Crippen molar-refractivity contribution in [3.8, 4) is 5.75 Å². The first-order valence-electron chi connectivity index (χ1n) is 14.4. The van der Waals surface area contributed by atoms with Gasteiger partial charge in [0.15, 0.2) is 0 Å². The molecule has 1 saturated carbocycles. The summed E-state index contributed by atoms with van der Waals surface area (Å²) in [6, 6.07) is 16.8. The second-order valence-electron chi connectivity index (χ2n) is 10.8. The Hall–Kier alpha value is -4.06. The van der Waals surface area contributed by atoms with Gasteiger partial charge >= 0.3 is 6.18 Å². The molecule has 1 atom stereocenters. The van der Waals surface area contributed by atoms with Crippen LogP contribution >= 0.6 is 0 Å². The smallest absolute Gasteiger partial charge is 0.416 e. The minimum absolute atomic E-state index is 0.0347. The van der Waals surface area contributed by atoms with Gasteiger partial charge in [0.2, 0.25) is 11.8 Å². The first kappa shape index (κ1) is 32.8. The molecule has 4 rings (SSSR count). The Bertz CT molecular complexity index is 1540. The van der Waals surface area contributed by atoms with Gasteiger partial charge in [-0.15, -0.1) is 0 Å². The number of carbonyl (C=O) groups excluding carboxylic acids is 2. The highest BCUT2D eigenvalue weighted by Gasteiger charge is 2.35. The number of halogens is 3. The van der Waals surface area contributed by atoms with Crippen molar-refractivity contribution in [2.75, 3.05) is 18.0 Å². The van der Waals surface area contributed by atoms with Crippen LogP contribution in [0.15, 0.2) is 83.8 Å². The topological polar surface area (TPSA) is 96.0 Å². The molecule has 1 fully saturated rings. The fourth-order valence-corrected chi connectivity index (χ4v) is 6.63. The summed E-state index contributed by atoms with van der Waals surface area (Å²) in [5.41, 5.74) is -0.784. The van der Waals surface area contributed by atoms with E-state index in [0.29, 0.717) is 21.7 Å². The molecule has 0 aromatic heterocycles. The quantitative estimate of drug-likeness (QED) is 0.290. The summed E-state index contributed by atoms with van der Waals surface area (Å²) < 4.78 is 74.5. The molecule has 12 heteroatoms. The minimum atomic E-state index is -4.74. The van der Waals surface area contributed by atoms with E-state index in [2.05, 4.69) is 5.32 Å². The third-order valence-electron chi connectivity index (χ3n) is 7.68. The third-order valence-corrected chi connectivity index (χ3v) is 9.47. The number of ether oxygens (including phenoxy) is 1. The number of benzene rings is 3. The van der Waals surface area contributed by atoms with Crippen molar-refractivity contribution in [2.24, 2.45) is 0 Å². The Morgan fingerprint density at radius 2 is 1.64 bits per heavy atom. The van der Waals surface area contributed by atoms with Gasteiger partial charge in [-0.25, -0.2) is 8.42 Å². The van der Waals surface area contributed by atoms with E-state index in [9.17, 15) is 31.2 Å². The Morgan fingerprint density at radius 3 is 2.30 bits per heavy atom. The van der Waals surface area contributed by atoms with Crippen molar-refractivity contribution in [3.63, 3.8) is 0 Å². The van der Waals surface area contributed by atoms with Crippen LogP contribution in [0.2, 0.25) is 0 Å². The van der Waals surface area contributed by atoms with Gasteiger partial charge < -0.3 is 15.0 Å². The lowest BCUT2D eigenvalue weighted by Crippen LogP contribution is -2.53. The van der Waals surface area contributed by atoms with E-state index >= 15 is 0 Å². The zero-order valence-corrected chi connectivity index (χ0v) is 25.4. The average molecular weight is 632 g/mol. The molecule has 1 aliphatic rings. The van der Waals surface area contributed by atoms with Crippen LogP contribution in [-0.2, 0) is 32.3 Å². The lowest BCUT2D eigenvalue weighted by molar-refractivity contribution is -0.139. The maximum atomic E-state index is 14.1. The summed E-state index contributed by atoms with van der Waals surface area (Å²) in [6.45, 7) is 0.636. The van der Waals surface area contributed by atoms with Crippen molar-refractivity contribution in [3.05, 3.63) is 90.0 Å². The number of hydrogen-bond acceptors (Lipinski definition) is 5. The van der Waals surface area contributed by atoms with E-state index < -0.39 is 46.2 Å². The fraction of sp³-hybridized carbons (Fsp3) is 0.375. The third kappa shape index (κ3) is 8.10. The largest absolute Gasteiger partial charge is 0.497 e. The Labute approximate surface area is 255 Å². The normalized spacial score (nSPS) is 14.8. The number of carbonyl (C=O) groups is 2. The monoisotopic (exact) mass is 631 g/mol. The van der Waals surface area contributed by atoms with Crippen LogP contribution in [0.4, 0.5) is 18.9 Å². The van der Waals surface area contributed by atoms with Crippen LogP contribution in [-0.4, -0.2) is 50.9 Å². The first-order chi connectivity index (χ1) is 20.9. The highest BCUT2D eigenvalue weighted by atomic mass is 32.2.